The van der Waals surface area contributed by atoms with Gasteiger partial charge in [-0.05, 0) is 11.6 Å². The molecule has 0 aliphatic rings. The summed E-state index contributed by atoms with van der Waals surface area (Å²) in [6.07, 6.45) is 0.411. The summed E-state index contributed by atoms with van der Waals surface area (Å²) in [4.78, 5) is 15.9. The molecule has 0 unspecified atom stereocenters. The zero-order valence-electron chi connectivity index (χ0n) is 12.0. The summed E-state index contributed by atoms with van der Waals surface area (Å²) < 4.78 is 0. The molecule has 0 radical (unpaired) electrons. The van der Waals surface area contributed by atoms with E-state index >= 15 is 0 Å². The van der Waals surface area contributed by atoms with Crippen LogP contribution in [0, 0.1) is 0 Å². The topological polar surface area (TPSA) is 32.9 Å². The fraction of sp³-hybridized carbons (Fsp3) is 0.0500. The summed E-state index contributed by atoms with van der Waals surface area (Å²) in [6, 6.07) is 23.8. The first-order valence-electron chi connectivity index (χ1n) is 7.39. The highest BCUT2D eigenvalue weighted by Gasteiger charge is 2.12. The van der Waals surface area contributed by atoms with E-state index in [0.717, 1.165) is 22.2 Å². The fourth-order valence-electron chi connectivity index (χ4n) is 2.98. The second-order valence-corrected chi connectivity index (χ2v) is 5.48. The highest BCUT2D eigenvalue weighted by molar-refractivity contribution is 6.09. The minimum Gasteiger partial charge on any atom is -0.354 e. The summed E-state index contributed by atoms with van der Waals surface area (Å²) in [7, 11) is 0. The average molecular weight is 285 g/mol. The maximum atomic E-state index is 12.5. The molecule has 0 atom stereocenters. The molecular formula is C20H15NO. The lowest BCUT2D eigenvalue weighted by atomic mass is 10.0. The summed E-state index contributed by atoms with van der Waals surface area (Å²) in [6.45, 7) is 0. The van der Waals surface area contributed by atoms with Gasteiger partial charge in [0.15, 0.2) is 5.78 Å². The Bertz CT molecular complexity index is 967. The number of hydrogen-bond donors (Lipinski definition) is 1. The number of para-hydroxylation sites is 2. The van der Waals surface area contributed by atoms with Crippen molar-refractivity contribution in [1.82, 2.24) is 4.98 Å². The lowest BCUT2D eigenvalue weighted by Crippen LogP contribution is -2.03. The molecule has 4 aromatic rings. The van der Waals surface area contributed by atoms with Crippen LogP contribution in [-0.2, 0) is 6.42 Å². The van der Waals surface area contributed by atoms with Crippen molar-refractivity contribution in [3.05, 3.63) is 83.9 Å². The molecule has 3 aromatic carbocycles. The first-order chi connectivity index (χ1) is 10.8. The van der Waals surface area contributed by atoms with Crippen LogP contribution >= 0.6 is 0 Å². The summed E-state index contributed by atoms with van der Waals surface area (Å²) in [5.74, 6) is 0.145. The number of fused-ring (bicyclic) bond motifs is 3. The van der Waals surface area contributed by atoms with Crippen LogP contribution in [0.5, 0.6) is 0 Å². The van der Waals surface area contributed by atoms with Gasteiger partial charge in [0, 0.05) is 28.3 Å². The highest BCUT2D eigenvalue weighted by Crippen LogP contribution is 2.28. The number of carbonyl (C=O) groups excluding carboxylic acids is 1. The van der Waals surface area contributed by atoms with Crippen molar-refractivity contribution in [3.63, 3.8) is 0 Å². The zero-order chi connectivity index (χ0) is 14.9. The van der Waals surface area contributed by atoms with E-state index in [1.54, 1.807) is 0 Å². The monoisotopic (exact) mass is 285 g/mol. The number of Topliss-reactive ketones (excluding diaryl/α,β-unsaturated/α-hetero) is 1. The fourth-order valence-corrected chi connectivity index (χ4v) is 2.98. The molecule has 4 rings (SSSR count). The lowest BCUT2D eigenvalue weighted by molar-refractivity contribution is 0.0993. The van der Waals surface area contributed by atoms with Crippen molar-refractivity contribution >= 4 is 27.6 Å². The Labute approximate surface area is 128 Å². The second-order valence-electron chi connectivity index (χ2n) is 5.48. The van der Waals surface area contributed by atoms with Gasteiger partial charge < -0.3 is 4.98 Å². The number of rotatable bonds is 3. The number of ketones is 1. The number of aromatic amines is 1. The van der Waals surface area contributed by atoms with Crippen LogP contribution in [0.1, 0.15) is 15.9 Å². The lowest BCUT2D eigenvalue weighted by Gasteiger charge is -2.03. The van der Waals surface area contributed by atoms with Gasteiger partial charge in [0.25, 0.3) is 0 Å². The molecular weight excluding hydrogens is 270 g/mol. The van der Waals surface area contributed by atoms with Crippen LogP contribution in [0.2, 0.25) is 0 Å². The van der Waals surface area contributed by atoms with Crippen LogP contribution < -0.4 is 0 Å². The van der Waals surface area contributed by atoms with Crippen molar-refractivity contribution in [3.8, 4) is 0 Å². The molecule has 106 valence electrons. The molecule has 1 aromatic heterocycles. The smallest absolute Gasteiger partial charge is 0.167 e. The van der Waals surface area contributed by atoms with Crippen molar-refractivity contribution < 1.29 is 4.79 Å². The SMILES string of the molecule is O=C(Cc1cccc2c1[nH]c1ccccc12)c1ccccc1. The van der Waals surface area contributed by atoms with E-state index in [0.29, 0.717) is 6.42 Å². The summed E-state index contributed by atoms with van der Waals surface area (Å²) in [5.41, 5.74) is 3.98. The molecule has 0 saturated carbocycles. The standard InChI is InChI=1S/C20H15NO/c22-19(14-7-2-1-3-8-14)13-15-9-6-11-17-16-10-4-5-12-18(16)21-20(15)17/h1-12,21H,13H2. The Hall–Kier alpha value is -2.87. The Morgan fingerprint density at radius 1 is 0.773 bits per heavy atom. The van der Waals surface area contributed by atoms with E-state index in [1.807, 2.05) is 54.6 Å². The second kappa shape index (κ2) is 5.15. The molecule has 1 N–H and O–H groups in total. The average Bonchev–Trinajstić information content (AvgIpc) is 2.95. The Morgan fingerprint density at radius 2 is 1.50 bits per heavy atom. The van der Waals surface area contributed by atoms with E-state index < -0.39 is 0 Å². The third-order valence-electron chi connectivity index (χ3n) is 4.07. The van der Waals surface area contributed by atoms with Crippen molar-refractivity contribution in [2.75, 3.05) is 0 Å². The number of nitrogens with one attached hydrogen (secondary N) is 1. The third-order valence-corrected chi connectivity index (χ3v) is 4.07. The van der Waals surface area contributed by atoms with E-state index in [4.69, 9.17) is 0 Å². The normalized spacial score (nSPS) is 11.1. The van der Waals surface area contributed by atoms with Gasteiger partial charge in [0.05, 0.1) is 5.52 Å². The van der Waals surface area contributed by atoms with Gasteiger partial charge in [-0.15, -0.1) is 0 Å². The summed E-state index contributed by atoms with van der Waals surface area (Å²) in [5, 5.41) is 2.38. The van der Waals surface area contributed by atoms with Gasteiger partial charge in [-0.3, -0.25) is 4.79 Å². The molecule has 0 amide bonds. The number of aromatic nitrogens is 1. The maximum absolute atomic E-state index is 12.5. The molecule has 0 aliphatic carbocycles. The van der Waals surface area contributed by atoms with Gasteiger partial charge in [-0.1, -0.05) is 66.7 Å². The van der Waals surface area contributed by atoms with Gasteiger partial charge in [-0.25, -0.2) is 0 Å². The number of benzene rings is 3. The molecule has 2 nitrogen and oxygen atoms in total. The summed E-state index contributed by atoms with van der Waals surface area (Å²) >= 11 is 0. The number of H-pyrrole nitrogens is 1. The van der Waals surface area contributed by atoms with Crippen LogP contribution in [0.4, 0.5) is 0 Å². The van der Waals surface area contributed by atoms with Crippen LogP contribution in [0.25, 0.3) is 21.8 Å². The van der Waals surface area contributed by atoms with Crippen molar-refractivity contribution in [2.24, 2.45) is 0 Å². The van der Waals surface area contributed by atoms with Gasteiger partial charge in [0.1, 0.15) is 0 Å². The first kappa shape index (κ1) is 12.8. The van der Waals surface area contributed by atoms with E-state index in [1.165, 1.54) is 10.8 Å². The Kier molecular flexibility index (Phi) is 3.01. The molecule has 1 heterocycles. The predicted octanol–water partition coefficient (Wildman–Crippen LogP) is 4.75. The van der Waals surface area contributed by atoms with Crippen LogP contribution in [0.3, 0.4) is 0 Å². The van der Waals surface area contributed by atoms with Crippen molar-refractivity contribution in [2.45, 2.75) is 6.42 Å². The number of carbonyl (C=O) groups is 1. The first-order valence-corrected chi connectivity index (χ1v) is 7.39. The third kappa shape index (κ3) is 2.09. The molecule has 2 heteroatoms. The molecule has 0 spiro atoms. The van der Waals surface area contributed by atoms with Gasteiger partial charge >= 0.3 is 0 Å². The van der Waals surface area contributed by atoms with Crippen molar-refractivity contribution in [1.29, 1.82) is 0 Å². The molecule has 22 heavy (non-hydrogen) atoms. The Balaban J connectivity index is 1.80. The quantitative estimate of drug-likeness (QED) is 0.541. The minimum atomic E-state index is 0.145. The van der Waals surface area contributed by atoms with Crippen LogP contribution in [0.15, 0.2) is 72.8 Å². The maximum Gasteiger partial charge on any atom is 0.167 e. The molecule has 0 aliphatic heterocycles. The Morgan fingerprint density at radius 3 is 2.36 bits per heavy atom. The zero-order valence-corrected chi connectivity index (χ0v) is 12.0. The van der Waals surface area contributed by atoms with E-state index in [9.17, 15) is 4.79 Å². The minimum absolute atomic E-state index is 0.145. The number of hydrogen-bond acceptors (Lipinski definition) is 1. The van der Waals surface area contributed by atoms with Crippen LogP contribution in [-0.4, -0.2) is 10.8 Å². The largest absolute Gasteiger partial charge is 0.354 e. The molecule has 0 bridgehead atoms. The van der Waals surface area contributed by atoms with Gasteiger partial charge in [-0.2, -0.15) is 0 Å². The van der Waals surface area contributed by atoms with E-state index in [2.05, 4.69) is 23.2 Å². The highest BCUT2D eigenvalue weighted by atomic mass is 16.1. The van der Waals surface area contributed by atoms with E-state index in [-0.39, 0.29) is 5.78 Å². The molecule has 0 saturated heterocycles. The van der Waals surface area contributed by atoms with Gasteiger partial charge in [0.2, 0.25) is 0 Å². The molecule has 0 fully saturated rings. The predicted molar refractivity (Wildman–Crippen MR) is 90.3 cm³/mol.